The van der Waals surface area contributed by atoms with Crippen LogP contribution in [0.15, 0.2) is 29.3 Å². The molecule has 0 saturated carbocycles. The predicted octanol–water partition coefficient (Wildman–Crippen LogP) is 1.80. The minimum Gasteiger partial charge on any atom is -0.363 e. The molecule has 1 aromatic rings. The van der Waals surface area contributed by atoms with Crippen molar-refractivity contribution in [2.75, 3.05) is 6.54 Å². The lowest BCUT2D eigenvalue weighted by molar-refractivity contribution is 0.506. The van der Waals surface area contributed by atoms with Crippen molar-refractivity contribution in [3.05, 3.63) is 35.4 Å². The van der Waals surface area contributed by atoms with E-state index in [9.17, 15) is 0 Å². The summed E-state index contributed by atoms with van der Waals surface area (Å²) in [7, 11) is 0. The predicted molar refractivity (Wildman–Crippen MR) is 63.0 cm³/mol. The van der Waals surface area contributed by atoms with Crippen molar-refractivity contribution in [1.29, 1.82) is 0 Å². The van der Waals surface area contributed by atoms with Gasteiger partial charge in [0.05, 0.1) is 12.1 Å². The van der Waals surface area contributed by atoms with Crippen molar-refractivity contribution >= 4 is 5.84 Å². The molecule has 2 rings (SSSR count). The number of aliphatic imine (C=N–C) groups is 1. The Morgan fingerprint density at radius 2 is 2.00 bits per heavy atom. The van der Waals surface area contributed by atoms with Crippen LogP contribution < -0.4 is 5.32 Å². The van der Waals surface area contributed by atoms with E-state index in [0.29, 0.717) is 0 Å². The van der Waals surface area contributed by atoms with Gasteiger partial charge in [-0.15, -0.1) is 6.42 Å². The maximum atomic E-state index is 5.30. The molecule has 1 heterocycles. The average molecular weight is 198 g/mol. The molecule has 0 bridgehead atoms. The molecule has 15 heavy (non-hydrogen) atoms. The fraction of sp³-hybridized carbons (Fsp3) is 0.308. The molecular weight excluding hydrogens is 184 g/mol. The highest BCUT2D eigenvalue weighted by atomic mass is 15.1. The lowest BCUT2D eigenvalue weighted by Gasteiger charge is -2.18. The van der Waals surface area contributed by atoms with Gasteiger partial charge in [-0.3, -0.25) is 4.99 Å². The maximum Gasteiger partial charge on any atom is 0.128 e. The highest BCUT2D eigenvalue weighted by Gasteiger charge is 2.25. The van der Waals surface area contributed by atoms with Crippen LogP contribution >= 0.6 is 0 Å². The molecule has 0 aromatic heterocycles. The number of nitrogens with one attached hydrogen (secondary N) is 1. The van der Waals surface area contributed by atoms with Crippen LogP contribution in [-0.4, -0.2) is 17.9 Å². The quantitative estimate of drug-likeness (QED) is 0.684. The van der Waals surface area contributed by atoms with E-state index in [0.717, 1.165) is 23.5 Å². The monoisotopic (exact) mass is 198 g/mol. The third-order valence-electron chi connectivity index (χ3n) is 2.41. The Labute approximate surface area is 90.4 Å². The topological polar surface area (TPSA) is 24.4 Å². The minimum absolute atomic E-state index is 0.0696. The van der Waals surface area contributed by atoms with Gasteiger partial charge in [0.25, 0.3) is 0 Å². The molecule has 0 saturated heterocycles. The van der Waals surface area contributed by atoms with Gasteiger partial charge in [-0.25, -0.2) is 0 Å². The molecule has 0 amide bonds. The fourth-order valence-corrected chi connectivity index (χ4v) is 1.56. The summed E-state index contributed by atoms with van der Waals surface area (Å²) >= 11 is 0. The van der Waals surface area contributed by atoms with Crippen LogP contribution in [0.4, 0.5) is 0 Å². The van der Waals surface area contributed by atoms with Crippen LogP contribution in [0.2, 0.25) is 0 Å². The first-order valence-electron chi connectivity index (χ1n) is 5.00. The average Bonchev–Trinajstić information content (AvgIpc) is 2.59. The van der Waals surface area contributed by atoms with Crippen LogP contribution in [0.5, 0.6) is 0 Å². The van der Waals surface area contributed by atoms with Crippen molar-refractivity contribution in [2.24, 2.45) is 4.99 Å². The molecule has 1 aliphatic heterocycles. The molecule has 2 nitrogen and oxygen atoms in total. The largest absolute Gasteiger partial charge is 0.363 e. The normalized spacial score (nSPS) is 17.8. The number of terminal acetylenes is 1. The second-order valence-electron chi connectivity index (χ2n) is 4.40. The summed E-state index contributed by atoms with van der Waals surface area (Å²) in [5.74, 6) is 3.56. The standard InChI is InChI=1S/C13H14N2/c1-4-10-5-7-11(8-6-10)12-14-9-13(2,3)15-12/h1,5-8H,9H2,2-3H3,(H,14,15). The van der Waals surface area contributed by atoms with Gasteiger partial charge >= 0.3 is 0 Å². The summed E-state index contributed by atoms with van der Waals surface area (Å²) in [6.45, 7) is 5.10. The number of rotatable bonds is 1. The van der Waals surface area contributed by atoms with Crippen molar-refractivity contribution in [1.82, 2.24) is 5.32 Å². The van der Waals surface area contributed by atoms with Crippen LogP contribution in [0.3, 0.4) is 0 Å². The molecule has 1 N–H and O–H groups in total. The Morgan fingerprint density at radius 1 is 1.33 bits per heavy atom. The zero-order chi connectivity index (χ0) is 10.9. The first-order chi connectivity index (χ1) is 7.11. The third kappa shape index (κ3) is 2.02. The highest BCUT2D eigenvalue weighted by molar-refractivity contribution is 6.00. The highest BCUT2D eigenvalue weighted by Crippen LogP contribution is 2.14. The van der Waals surface area contributed by atoms with E-state index in [1.807, 2.05) is 24.3 Å². The first kappa shape index (κ1) is 9.79. The van der Waals surface area contributed by atoms with Crippen LogP contribution in [0.25, 0.3) is 0 Å². The Balaban J connectivity index is 2.22. The molecule has 1 aliphatic rings. The zero-order valence-corrected chi connectivity index (χ0v) is 9.04. The van der Waals surface area contributed by atoms with Crippen LogP contribution in [-0.2, 0) is 0 Å². The van der Waals surface area contributed by atoms with E-state index in [1.165, 1.54) is 0 Å². The maximum absolute atomic E-state index is 5.30. The minimum atomic E-state index is 0.0696. The second-order valence-corrected chi connectivity index (χ2v) is 4.40. The summed E-state index contributed by atoms with van der Waals surface area (Å²) in [5.41, 5.74) is 2.07. The molecular formula is C13H14N2. The van der Waals surface area contributed by atoms with Gasteiger partial charge in [-0.2, -0.15) is 0 Å². The molecule has 0 radical (unpaired) electrons. The molecule has 0 aliphatic carbocycles. The van der Waals surface area contributed by atoms with E-state index >= 15 is 0 Å². The Hall–Kier alpha value is -1.75. The third-order valence-corrected chi connectivity index (χ3v) is 2.41. The lowest BCUT2D eigenvalue weighted by atomic mass is 10.1. The Kier molecular flexibility index (Phi) is 2.24. The van der Waals surface area contributed by atoms with Gasteiger partial charge in [0.15, 0.2) is 0 Å². The van der Waals surface area contributed by atoms with E-state index in [2.05, 4.69) is 30.1 Å². The Morgan fingerprint density at radius 3 is 2.47 bits per heavy atom. The van der Waals surface area contributed by atoms with Crippen molar-refractivity contribution in [2.45, 2.75) is 19.4 Å². The summed E-state index contributed by atoms with van der Waals surface area (Å²) in [5, 5.41) is 3.38. The number of amidine groups is 1. The second kappa shape index (κ2) is 3.43. The SMILES string of the molecule is C#Cc1ccc(C2=NCC(C)(C)N2)cc1. The van der Waals surface area contributed by atoms with Crippen molar-refractivity contribution in [3.8, 4) is 12.3 Å². The summed E-state index contributed by atoms with van der Waals surface area (Å²) in [6, 6.07) is 7.88. The summed E-state index contributed by atoms with van der Waals surface area (Å²) < 4.78 is 0. The van der Waals surface area contributed by atoms with E-state index < -0.39 is 0 Å². The number of nitrogens with zero attached hydrogens (tertiary/aromatic N) is 1. The lowest BCUT2D eigenvalue weighted by Crippen LogP contribution is -2.39. The van der Waals surface area contributed by atoms with Crippen molar-refractivity contribution in [3.63, 3.8) is 0 Å². The summed E-state index contributed by atoms with van der Waals surface area (Å²) in [6.07, 6.45) is 5.30. The van der Waals surface area contributed by atoms with E-state index in [4.69, 9.17) is 6.42 Å². The molecule has 0 spiro atoms. The Bertz CT molecular complexity index is 433. The molecule has 0 unspecified atom stereocenters. The molecule has 76 valence electrons. The first-order valence-corrected chi connectivity index (χ1v) is 5.00. The van der Waals surface area contributed by atoms with E-state index in [-0.39, 0.29) is 5.54 Å². The number of hydrogen-bond donors (Lipinski definition) is 1. The molecule has 2 heteroatoms. The van der Waals surface area contributed by atoms with Crippen LogP contribution in [0.1, 0.15) is 25.0 Å². The van der Waals surface area contributed by atoms with Crippen LogP contribution in [0, 0.1) is 12.3 Å². The fourth-order valence-electron chi connectivity index (χ4n) is 1.56. The van der Waals surface area contributed by atoms with Gasteiger partial charge in [0, 0.05) is 11.1 Å². The number of benzene rings is 1. The number of hydrogen-bond acceptors (Lipinski definition) is 2. The summed E-state index contributed by atoms with van der Waals surface area (Å²) in [4.78, 5) is 4.47. The molecule has 0 fully saturated rings. The molecule has 0 atom stereocenters. The molecule has 1 aromatic carbocycles. The van der Waals surface area contributed by atoms with Crippen molar-refractivity contribution < 1.29 is 0 Å². The van der Waals surface area contributed by atoms with Gasteiger partial charge in [-0.05, 0) is 26.0 Å². The van der Waals surface area contributed by atoms with Gasteiger partial charge in [0.2, 0.25) is 0 Å². The smallest absolute Gasteiger partial charge is 0.128 e. The van der Waals surface area contributed by atoms with E-state index in [1.54, 1.807) is 0 Å². The zero-order valence-electron chi connectivity index (χ0n) is 9.04. The van der Waals surface area contributed by atoms with Gasteiger partial charge < -0.3 is 5.32 Å². The van der Waals surface area contributed by atoms with Gasteiger partial charge in [0.1, 0.15) is 5.84 Å². The van der Waals surface area contributed by atoms with Gasteiger partial charge in [-0.1, -0.05) is 18.1 Å².